The second kappa shape index (κ2) is 5.44. The fourth-order valence-corrected chi connectivity index (χ4v) is 2.33. The van der Waals surface area contributed by atoms with Crippen LogP contribution in [0.1, 0.15) is 16.1 Å². The van der Waals surface area contributed by atoms with Gasteiger partial charge in [0.1, 0.15) is 5.75 Å². The van der Waals surface area contributed by atoms with Crippen LogP contribution < -0.4 is 4.74 Å². The molecule has 5 heteroatoms. The van der Waals surface area contributed by atoms with Crippen LogP contribution in [0.5, 0.6) is 5.75 Å². The number of methoxy groups -OCH3 is 1. The first-order valence-corrected chi connectivity index (χ1v) is 6.75. The summed E-state index contributed by atoms with van der Waals surface area (Å²) < 4.78 is 5.12. The summed E-state index contributed by atoms with van der Waals surface area (Å²) in [6, 6.07) is 12.6. The zero-order valence-electron chi connectivity index (χ0n) is 12.2. The van der Waals surface area contributed by atoms with E-state index in [0.29, 0.717) is 16.7 Å². The molecule has 0 saturated carbocycles. The van der Waals surface area contributed by atoms with E-state index in [1.807, 2.05) is 25.1 Å². The number of nitrogens with zero attached hydrogens (tertiary/aromatic N) is 2. The zero-order valence-corrected chi connectivity index (χ0v) is 12.2. The highest BCUT2D eigenvalue weighted by molar-refractivity contribution is 6.02. The Morgan fingerprint density at radius 2 is 1.82 bits per heavy atom. The van der Waals surface area contributed by atoms with Gasteiger partial charge in [-0.25, -0.2) is 14.8 Å². The van der Waals surface area contributed by atoms with Crippen LogP contribution in [0.4, 0.5) is 0 Å². The molecule has 2 aromatic carbocycles. The summed E-state index contributed by atoms with van der Waals surface area (Å²) in [5, 5.41) is 9.96. The average molecular weight is 294 g/mol. The highest BCUT2D eigenvalue weighted by atomic mass is 16.5. The molecule has 5 nitrogen and oxygen atoms in total. The number of hydrogen-bond acceptors (Lipinski definition) is 4. The van der Waals surface area contributed by atoms with Crippen molar-refractivity contribution < 1.29 is 14.6 Å². The monoisotopic (exact) mass is 294 g/mol. The van der Waals surface area contributed by atoms with Gasteiger partial charge >= 0.3 is 5.97 Å². The van der Waals surface area contributed by atoms with E-state index in [4.69, 9.17) is 4.74 Å². The third-order valence-corrected chi connectivity index (χ3v) is 3.48. The second-order valence-corrected chi connectivity index (χ2v) is 4.90. The predicted molar refractivity (Wildman–Crippen MR) is 83.2 cm³/mol. The lowest BCUT2D eigenvalue weighted by molar-refractivity contribution is 0.0693. The first-order chi connectivity index (χ1) is 10.6. The molecule has 0 spiro atoms. The topological polar surface area (TPSA) is 72.3 Å². The largest absolute Gasteiger partial charge is 0.497 e. The standard InChI is InChI=1S/C17H14N2O3/c1-10-4-3-5-13-14(10)18-16(19-15(13)17(20)21)11-6-8-12(22-2)9-7-11/h3-9H,1-2H3,(H,20,21). The molecular weight excluding hydrogens is 280 g/mol. The van der Waals surface area contributed by atoms with Crippen LogP contribution in [0.25, 0.3) is 22.3 Å². The Morgan fingerprint density at radius 3 is 2.45 bits per heavy atom. The van der Waals surface area contributed by atoms with Crippen LogP contribution in [0.15, 0.2) is 42.5 Å². The summed E-state index contributed by atoms with van der Waals surface area (Å²) in [4.78, 5) is 20.2. The van der Waals surface area contributed by atoms with Gasteiger partial charge in [-0.1, -0.05) is 18.2 Å². The van der Waals surface area contributed by atoms with Crippen molar-refractivity contribution in [3.63, 3.8) is 0 Å². The van der Waals surface area contributed by atoms with Crippen molar-refractivity contribution in [2.45, 2.75) is 6.92 Å². The third-order valence-electron chi connectivity index (χ3n) is 3.48. The number of carbonyl (C=O) groups is 1. The van der Waals surface area contributed by atoms with Crippen LogP contribution in [0, 0.1) is 6.92 Å². The van der Waals surface area contributed by atoms with Gasteiger partial charge in [0.25, 0.3) is 0 Å². The molecule has 0 amide bonds. The third kappa shape index (κ3) is 2.37. The van der Waals surface area contributed by atoms with Gasteiger partial charge < -0.3 is 9.84 Å². The van der Waals surface area contributed by atoms with Gasteiger partial charge in [-0.3, -0.25) is 0 Å². The number of benzene rings is 2. The number of fused-ring (bicyclic) bond motifs is 1. The Hall–Kier alpha value is -2.95. The number of ether oxygens (including phenoxy) is 1. The van der Waals surface area contributed by atoms with E-state index >= 15 is 0 Å². The molecular formula is C17H14N2O3. The van der Waals surface area contributed by atoms with E-state index in [-0.39, 0.29) is 5.69 Å². The Balaban J connectivity index is 2.25. The number of aryl methyl sites for hydroxylation is 1. The lowest BCUT2D eigenvalue weighted by atomic mass is 10.1. The smallest absolute Gasteiger partial charge is 0.355 e. The van der Waals surface area contributed by atoms with Crippen molar-refractivity contribution in [3.8, 4) is 17.1 Å². The van der Waals surface area contributed by atoms with Crippen molar-refractivity contribution in [2.75, 3.05) is 7.11 Å². The Kier molecular flexibility index (Phi) is 3.47. The van der Waals surface area contributed by atoms with Gasteiger partial charge in [0, 0.05) is 10.9 Å². The Labute approximate surface area is 127 Å². The Morgan fingerprint density at radius 1 is 1.09 bits per heavy atom. The summed E-state index contributed by atoms with van der Waals surface area (Å²) in [7, 11) is 1.59. The number of aromatic nitrogens is 2. The van der Waals surface area contributed by atoms with E-state index in [2.05, 4.69) is 9.97 Å². The maximum atomic E-state index is 11.5. The molecule has 1 N–H and O–H groups in total. The Bertz CT molecular complexity index is 858. The minimum atomic E-state index is -1.06. The van der Waals surface area contributed by atoms with E-state index in [0.717, 1.165) is 16.9 Å². The van der Waals surface area contributed by atoms with Gasteiger partial charge in [-0.2, -0.15) is 0 Å². The molecule has 3 aromatic rings. The zero-order chi connectivity index (χ0) is 15.7. The summed E-state index contributed by atoms with van der Waals surface area (Å²) >= 11 is 0. The number of carboxylic acids is 1. The highest BCUT2D eigenvalue weighted by Gasteiger charge is 2.15. The fourth-order valence-electron chi connectivity index (χ4n) is 2.33. The van der Waals surface area contributed by atoms with Crippen molar-refractivity contribution in [1.82, 2.24) is 9.97 Å². The van der Waals surface area contributed by atoms with Gasteiger partial charge in [-0.15, -0.1) is 0 Å². The van der Waals surface area contributed by atoms with Crippen LogP contribution in [-0.2, 0) is 0 Å². The quantitative estimate of drug-likeness (QED) is 0.802. The summed E-state index contributed by atoms with van der Waals surface area (Å²) in [6.07, 6.45) is 0. The number of carboxylic acid groups (broad SMARTS) is 1. The van der Waals surface area contributed by atoms with Crippen LogP contribution in [-0.4, -0.2) is 28.2 Å². The number of aromatic carboxylic acids is 1. The molecule has 110 valence electrons. The van der Waals surface area contributed by atoms with Gasteiger partial charge in [0.2, 0.25) is 0 Å². The van der Waals surface area contributed by atoms with Crippen LogP contribution in [0.2, 0.25) is 0 Å². The molecule has 0 radical (unpaired) electrons. The van der Waals surface area contributed by atoms with E-state index in [1.165, 1.54) is 0 Å². The first-order valence-electron chi connectivity index (χ1n) is 6.75. The predicted octanol–water partition coefficient (Wildman–Crippen LogP) is 3.31. The fraction of sp³-hybridized carbons (Fsp3) is 0.118. The van der Waals surface area contributed by atoms with Crippen LogP contribution in [0.3, 0.4) is 0 Å². The molecule has 0 aliphatic rings. The second-order valence-electron chi connectivity index (χ2n) is 4.90. The SMILES string of the molecule is COc1ccc(-c2nc(C(=O)O)c3cccc(C)c3n2)cc1. The molecule has 3 rings (SSSR count). The molecule has 0 bridgehead atoms. The van der Waals surface area contributed by atoms with E-state index in [1.54, 1.807) is 31.4 Å². The van der Waals surface area contributed by atoms with Crippen molar-refractivity contribution in [2.24, 2.45) is 0 Å². The molecule has 1 heterocycles. The lowest BCUT2D eigenvalue weighted by Gasteiger charge is -2.08. The molecule has 0 atom stereocenters. The minimum absolute atomic E-state index is 0.0134. The molecule has 0 fully saturated rings. The van der Waals surface area contributed by atoms with E-state index in [9.17, 15) is 9.90 Å². The van der Waals surface area contributed by atoms with Crippen LogP contribution >= 0.6 is 0 Å². The maximum Gasteiger partial charge on any atom is 0.355 e. The van der Waals surface area contributed by atoms with E-state index < -0.39 is 5.97 Å². The summed E-state index contributed by atoms with van der Waals surface area (Å²) in [5.74, 6) is 0.0498. The maximum absolute atomic E-state index is 11.5. The normalized spacial score (nSPS) is 10.6. The van der Waals surface area contributed by atoms with Crippen molar-refractivity contribution >= 4 is 16.9 Å². The highest BCUT2D eigenvalue weighted by Crippen LogP contribution is 2.25. The van der Waals surface area contributed by atoms with Gasteiger partial charge in [0.05, 0.1) is 12.6 Å². The lowest BCUT2D eigenvalue weighted by Crippen LogP contribution is -2.05. The molecule has 0 aliphatic heterocycles. The first kappa shape index (κ1) is 14.0. The van der Waals surface area contributed by atoms with Gasteiger partial charge in [0.15, 0.2) is 11.5 Å². The number of hydrogen-bond donors (Lipinski definition) is 1. The number of rotatable bonds is 3. The van der Waals surface area contributed by atoms with Crippen molar-refractivity contribution in [1.29, 1.82) is 0 Å². The number of para-hydroxylation sites is 1. The summed E-state index contributed by atoms with van der Waals surface area (Å²) in [6.45, 7) is 1.90. The average Bonchev–Trinajstić information content (AvgIpc) is 2.54. The van der Waals surface area contributed by atoms with Gasteiger partial charge in [-0.05, 0) is 36.8 Å². The molecule has 0 unspecified atom stereocenters. The molecule has 0 saturated heterocycles. The van der Waals surface area contributed by atoms with Crippen molar-refractivity contribution in [3.05, 3.63) is 53.7 Å². The molecule has 22 heavy (non-hydrogen) atoms. The summed E-state index contributed by atoms with van der Waals surface area (Å²) in [5.41, 5.74) is 2.32. The minimum Gasteiger partial charge on any atom is -0.497 e. The molecule has 0 aliphatic carbocycles. The molecule has 1 aromatic heterocycles.